The van der Waals surface area contributed by atoms with E-state index < -0.39 is 72.9 Å². The van der Waals surface area contributed by atoms with Gasteiger partial charge in [0.15, 0.2) is 20.2 Å². The summed E-state index contributed by atoms with van der Waals surface area (Å²) in [5, 5.41) is -14.2. The van der Waals surface area contributed by atoms with Gasteiger partial charge in [0, 0.05) is 33.6 Å². The van der Waals surface area contributed by atoms with E-state index >= 15 is 0 Å². The molecule has 63 heavy (non-hydrogen) atoms. The first-order chi connectivity index (χ1) is 28.1. The Bertz CT molecular complexity index is 1940. The molecule has 10 nitrogen and oxygen atoms in total. The predicted molar refractivity (Wildman–Crippen MR) is 182 cm³/mol. The van der Waals surface area contributed by atoms with E-state index in [9.17, 15) is 115 Å². The first-order valence-corrected chi connectivity index (χ1v) is 22.8. The molecule has 2 fully saturated rings. The molecule has 0 N–H and O–H groups in total. The second kappa shape index (κ2) is 19.6. The number of rotatable bonds is 13. The van der Waals surface area contributed by atoms with Gasteiger partial charge in [0.1, 0.15) is 34.0 Å². The smallest absolute Gasteiger partial charge is 0.460 e. The number of carbonyl (C=O) groups is 2. The summed E-state index contributed by atoms with van der Waals surface area (Å²) in [4.78, 5) is 27.5. The van der Waals surface area contributed by atoms with Crippen molar-refractivity contribution in [3.8, 4) is 0 Å². The third-order valence-corrected chi connectivity index (χ3v) is 15.4. The van der Waals surface area contributed by atoms with Crippen molar-refractivity contribution < 1.29 is 124 Å². The van der Waals surface area contributed by atoms with Gasteiger partial charge in [0.25, 0.3) is 0 Å². The number of esters is 2. The van der Waals surface area contributed by atoms with Gasteiger partial charge in [-0.05, 0) is 44.8 Å². The van der Waals surface area contributed by atoms with E-state index in [0.717, 1.165) is 11.5 Å². The van der Waals surface area contributed by atoms with Crippen LogP contribution in [0.3, 0.4) is 0 Å². The Morgan fingerprint density at radius 2 is 0.952 bits per heavy atom. The average Bonchev–Trinajstić information content (AvgIpc) is 3.80. The summed E-state index contributed by atoms with van der Waals surface area (Å²) in [5.41, 5.74) is 0. The highest BCUT2D eigenvalue weighted by atomic mass is 32.2. The largest absolute Gasteiger partial charge is 0.743 e. The molecule has 364 valence electrons. The Balaban J connectivity index is 0.000000349. The lowest BCUT2D eigenvalue weighted by Gasteiger charge is -2.34. The second-order valence-corrected chi connectivity index (χ2v) is 20.5. The van der Waals surface area contributed by atoms with Crippen molar-refractivity contribution >= 4 is 54.0 Å². The number of hydrogen-bond donors (Lipinski definition) is 0. The fourth-order valence-corrected chi connectivity index (χ4v) is 11.0. The Hall–Kier alpha value is -2.84. The lowest BCUT2D eigenvalue weighted by molar-refractivity contribution is -0.382. The van der Waals surface area contributed by atoms with E-state index in [1.807, 2.05) is 0 Å². The molecule has 0 aromatic carbocycles. The molecule has 0 aromatic heterocycles. The number of fused-ring (bicyclic) bond motifs is 2. The standard InChI is InChI=1S/C23H30O4S2.2C4HF9O3S/c1-17(27-23(25)16-29-13-5-9-19-7-3-11-21(19)29)14-26-22(24)15-28-12-4-8-18-6-2-10-20(18)28;2*5-1(6,3(9,10)11)2(7,8)4(12,13)17(14,15)16/h2-3,6-7,10-11,17-19H,4-5,8-9,12-16H2,1H3;2*(H,14,15,16)/q+2;;/p-2. The van der Waals surface area contributed by atoms with E-state index in [4.69, 9.17) is 9.47 Å². The van der Waals surface area contributed by atoms with Gasteiger partial charge in [-0.1, -0.05) is 24.3 Å². The van der Waals surface area contributed by atoms with Gasteiger partial charge in [-0.2, -0.15) is 79.0 Å². The Kier molecular flexibility index (Phi) is 17.5. The molecular weight excluding hydrogens is 1000 g/mol. The summed E-state index contributed by atoms with van der Waals surface area (Å²) in [6, 6.07) is 0. The maximum absolute atomic E-state index is 12.4. The van der Waals surface area contributed by atoms with Crippen LogP contribution in [-0.2, 0) is 61.1 Å². The fourth-order valence-electron chi connectivity index (χ4n) is 5.47. The molecule has 0 amide bonds. The monoisotopic (exact) mass is 1030 g/mol. The molecule has 0 bridgehead atoms. The van der Waals surface area contributed by atoms with Crippen LogP contribution in [0.1, 0.15) is 32.6 Å². The molecule has 4 rings (SSSR count). The minimum absolute atomic E-state index is 0.00802. The molecule has 0 aromatic rings. The van der Waals surface area contributed by atoms with Crippen LogP contribution in [0.5, 0.6) is 0 Å². The number of hydrogen-bond acceptors (Lipinski definition) is 10. The van der Waals surface area contributed by atoms with Crippen LogP contribution < -0.4 is 0 Å². The molecule has 32 heteroatoms. The van der Waals surface area contributed by atoms with Gasteiger partial charge in [-0.3, -0.25) is 0 Å². The molecule has 2 aliphatic carbocycles. The van der Waals surface area contributed by atoms with E-state index in [1.165, 1.54) is 35.5 Å². The topological polar surface area (TPSA) is 167 Å². The molecule has 2 aliphatic heterocycles. The second-order valence-electron chi connectivity index (χ2n) is 13.3. The number of ether oxygens (including phenoxy) is 2. The molecule has 0 radical (unpaired) electrons. The van der Waals surface area contributed by atoms with Crippen molar-refractivity contribution in [2.24, 2.45) is 11.8 Å². The van der Waals surface area contributed by atoms with Crippen molar-refractivity contribution in [3.05, 3.63) is 46.3 Å². The average molecular weight is 1030 g/mol. The lowest BCUT2D eigenvalue weighted by Crippen LogP contribution is -2.63. The maximum Gasteiger partial charge on any atom is 0.460 e. The maximum atomic E-state index is 12.4. The van der Waals surface area contributed by atoms with Crippen molar-refractivity contribution in [2.45, 2.75) is 85.3 Å². The molecule has 5 unspecified atom stereocenters. The fraction of sp³-hybridized carbons (Fsp3) is 0.677. The van der Waals surface area contributed by atoms with Crippen molar-refractivity contribution in [2.75, 3.05) is 29.6 Å². The SMILES string of the molecule is CC(COC(=O)C[S+]1CCCC2C=CC=C21)OC(=O)C[S+]1CCCC2C=CC=C21.O=S(=O)([O-])C(F)(F)C(F)(F)C(F)(F)C(F)(F)F.O=S(=O)([O-])C(F)(F)C(F)(F)C(F)(F)C(F)(F)F. The third-order valence-electron chi connectivity index (χ3n) is 8.67. The quantitative estimate of drug-likeness (QED) is 0.0789. The molecule has 5 atom stereocenters. The zero-order valence-electron chi connectivity index (χ0n) is 31.1. The van der Waals surface area contributed by atoms with Crippen LogP contribution in [0.2, 0.25) is 0 Å². The van der Waals surface area contributed by atoms with E-state index in [-0.39, 0.29) is 40.3 Å². The summed E-state index contributed by atoms with van der Waals surface area (Å²) in [5.74, 6) is -25.9. The van der Waals surface area contributed by atoms with Gasteiger partial charge >= 0.3 is 58.5 Å². The van der Waals surface area contributed by atoms with Crippen LogP contribution in [0.25, 0.3) is 0 Å². The Labute approximate surface area is 350 Å². The first kappa shape index (κ1) is 56.3. The van der Waals surface area contributed by atoms with Crippen molar-refractivity contribution in [3.63, 3.8) is 0 Å². The summed E-state index contributed by atoms with van der Waals surface area (Å²) in [6.45, 7) is 1.94. The number of halogens is 18. The third kappa shape index (κ3) is 12.1. The van der Waals surface area contributed by atoms with E-state index in [2.05, 4.69) is 36.5 Å². The zero-order chi connectivity index (χ0) is 49.2. The minimum Gasteiger partial charge on any atom is -0.743 e. The first-order valence-electron chi connectivity index (χ1n) is 16.9. The Morgan fingerprint density at radius 1 is 0.619 bits per heavy atom. The number of carbonyl (C=O) groups excluding carboxylic acids is 2. The van der Waals surface area contributed by atoms with Crippen molar-refractivity contribution in [1.29, 1.82) is 0 Å². The summed E-state index contributed by atoms with van der Waals surface area (Å²) in [7, 11) is -14.9. The van der Waals surface area contributed by atoms with Gasteiger partial charge < -0.3 is 18.6 Å². The summed E-state index contributed by atoms with van der Waals surface area (Å²) >= 11 is 0. The van der Waals surface area contributed by atoms with Crippen LogP contribution >= 0.6 is 0 Å². The number of allylic oxidation sites excluding steroid dienone is 8. The lowest BCUT2D eigenvalue weighted by atomic mass is 10.1. The Morgan fingerprint density at radius 3 is 1.27 bits per heavy atom. The normalized spacial score (nSPS) is 22.9. The van der Waals surface area contributed by atoms with Crippen LogP contribution in [0.4, 0.5) is 79.0 Å². The van der Waals surface area contributed by atoms with Crippen LogP contribution in [-0.4, -0.2) is 120 Å². The molecule has 2 heterocycles. The highest BCUT2D eigenvalue weighted by molar-refractivity contribution is 8.01. The molecule has 2 saturated heterocycles. The predicted octanol–water partition coefficient (Wildman–Crippen LogP) is 7.34. The molecular formula is C31H30F18O10S4. The van der Waals surface area contributed by atoms with Gasteiger partial charge in [0.2, 0.25) is 11.5 Å². The molecule has 4 aliphatic rings. The zero-order valence-corrected chi connectivity index (χ0v) is 34.3. The molecule has 0 saturated carbocycles. The van der Waals surface area contributed by atoms with Gasteiger partial charge in [-0.15, -0.1) is 0 Å². The number of alkyl halides is 18. The van der Waals surface area contributed by atoms with E-state index in [0.29, 0.717) is 23.3 Å². The highest BCUT2D eigenvalue weighted by Crippen LogP contribution is 2.55. The van der Waals surface area contributed by atoms with Gasteiger partial charge in [-0.25, -0.2) is 26.4 Å². The summed E-state index contributed by atoms with van der Waals surface area (Å²) < 4.78 is 282. The molecule has 0 spiro atoms. The van der Waals surface area contributed by atoms with E-state index in [1.54, 1.807) is 6.92 Å². The summed E-state index contributed by atoms with van der Waals surface area (Å²) in [6.07, 6.45) is 3.09. The van der Waals surface area contributed by atoms with Crippen LogP contribution in [0.15, 0.2) is 46.3 Å². The van der Waals surface area contributed by atoms with Crippen molar-refractivity contribution in [1.82, 2.24) is 0 Å². The highest BCUT2D eigenvalue weighted by Gasteiger charge is 2.85. The minimum atomic E-state index is -7.43. The van der Waals surface area contributed by atoms with Crippen LogP contribution in [0, 0.1) is 11.8 Å². The van der Waals surface area contributed by atoms with Gasteiger partial charge in [0.05, 0.1) is 0 Å².